The van der Waals surface area contributed by atoms with Crippen molar-refractivity contribution in [3.8, 4) is 21.7 Å². The molecule has 1 aromatic carbocycles. The van der Waals surface area contributed by atoms with Gasteiger partial charge in [-0.15, -0.1) is 11.3 Å². The molecule has 1 fully saturated rings. The molecule has 0 saturated heterocycles. The molecule has 7 nitrogen and oxygen atoms in total. The van der Waals surface area contributed by atoms with Crippen molar-refractivity contribution in [3.05, 3.63) is 77.1 Å². The van der Waals surface area contributed by atoms with E-state index in [1.807, 2.05) is 52.2 Å². The molecule has 4 heterocycles. The molecule has 1 aliphatic carbocycles. The maximum absolute atomic E-state index is 13.8. The third-order valence-electron chi connectivity index (χ3n) is 6.97. The number of ketones is 1. The zero-order valence-corrected chi connectivity index (χ0v) is 21.5. The first kappa shape index (κ1) is 23.8. The van der Waals surface area contributed by atoms with Crippen molar-refractivity contribution in [2.75, 3.05) is 25.2 Å². The normalized spacial score (nSPS) is 14.7. The highest BCUT2D eigenvalue weighted by atomic mass is 32.1. The van der Waals surface area contributed by atoms with Gasteiger partial charge in [-0.3, -0.25) is 14.3 Å². The zero-order valence-electron chi connectivity index (χ0n) is 20.7. The van der Waals surface area contributed by atoms with Crippen LogP contribution >= 0.6 is 11.3 Å². The first-order chi connectivity index (χ1) is 18.1. The number of para-hydroxylation sites is 1. The second kappa shape index (κ2) is 10.0. The van der Waals surface area contributed by atoms with Gasteiger partial charge in [0.2, 0.25) is 0 Å². The maximum Gasteiger partial charge on any atom is 0.276 e. The van der Waals surface area contributed by atoms with Gasteiger partial charge in [-0.05, 0) is 55.0 Å². The summed E-state index contributed by atoms with van der Waals surface area (Å²) in [6.45, 7) is 1.75. The Labute approximate surface area is 219 Å². The number of benzene rings is 1. The Bertz CT molecular complexity index is 1470. The largest absolute Gasteiger partial charge is 0.383 e. The van der Waals surface area contributed by atoms with Crippen molar-refractivity contribution < 1.29 is 14.3 Å². The Morgan fingerprint density at radius 3 is 2.84 bits per heavy atom. The van der Waals surface area contributed by atoms with E-state index in [4.69, 9.17) is 9.72 Å². The fraction of sp³-hybridized carbons (Fsp3) is 0.310. The highest BCUT2D eigenvalue weighted by Crippen LogP contribution is 2.43. The quantitative estimate of drug-likeness (QED) is 0.291. The number of fused-ring (bicyclic) bond motifs is 3. The summed E-state index contributed by atoms with van der Waals surface area (Å²) in [4.78, 5) is 35.1. The monoisotopic (exact) mass is 512 g/mol. The van der Waals surface area contributed by atoms with Crippen LogP contribution in [0.25, 0.3) is 21.7 Å². The summed E-state index contributed by atoms with van der Waals surface area (Å²) in [6.07, 6.45) is 7.35. The van der Waals surface area contributed by atoms with Crippen LogP contribution in [0.1, 0.15) is 45.0 Å². The third kappa shape index (κ3) is 4.86. The Hall–Kier alpha value is -3.62. The summed E-state index contributed by atoms with van der Waals surface area (Å²) in [5, 5.41) is 4.37. The Morgan fingerprint density at radius 1 is 1.14 bits per heavy atom. The molecule has 2 aliphatic rings. The van der Waals surface area contributed by atoms with E-state index < -0.39 is 0 Å². The van der Waals surface area contributed by atoms with Crippen molar-refractivity contribution in [2.24, 2.45) is 5.92 Å². The lowest BCUT2D eigenvalue weighted by molar-refractivity contribution is 0.0972. The van der Waals surface area contributed by atoms with Crippen molar-refractivity contribution in [2.45, 2.75) is 32.2 Å². The highest BCUT2D eigenvalue weighted by Gasteiger charge is 2.30. The summed E-state index contributed by atoms with van der Waals surface area (Å²) < 4.78 is 6.94. The fourth-order valence-electron chi connectivity index (χ4n) is 4.79. The number of hydrogen-bond donors (Lipinski definition) is 0. The summed E-state index contributed by atoms with van der Waals surface area (Å²) in [5.74, 6) is 0.677. The molecule has 4 aromatic rings. The summed E-state index contributed by atoms with van der Waals surface area (Å²) >= 11 is 1.57. The Morgan fingerprint density at radius 2 is 2.00 bits per heavy atom. The number of amides is 1. The Balaban J connectivity index is 1.29. The van der Waals surface area contributed by atoms with Crippen molar-refractivity contribution in [1.29, 1.82) is 0 Å². The lowest BCUT2D eigenvalue weighted by Crippen LogP contribution is -2.33. The number of aromatic nitrogens is 3. The van der Waals surface area contributed by atoms with E-state index in [2.05, 4.69) is 11.2 Å². The highest BCUT2D eigenvalue weighted by molar-refractivity contribution is 7.17. The molecule has 0 bridgehead atoms. The van der Waals surface area contributed by atoms with Crippen LogP contribution < -0.4 is 4.90 Å². The van der Waals surface area contributed by atoms with Gasteiger partial charge in [-0.25, -0.2) is 4.98 Å². The molecule has 0 atom stereocenters. The van der Waals surface area contributed by atoms with Gasteiger partial charge in [0.1, 0.15) is 5.69 Å². The third-order valence-corrected chi connectivity index (χ3v) is 8.22. The maximum atomic E-state index is 13.8. The summed E-state index contributed by atoms with van der Waals surface area (Å²) in [7, 11) is 1.66. The number of anilines is 1. The van der Waals surface area contributed by atoms with E-state index in [0.29, 0.717) is 49.8 Å². The summed E-state index contributed by atoms with van der Waals surface area (Å²) in [5.41, 5.74) is 4.94. The van der Waals surface area contributed by atoms with Gasteiger partial charge in [0.25, 0.3) is 5.91 Å². The second-order valence-corrected chi connectivity index (χ2v) is 10.7. The SMILES string of the molecule is COCCn1cc(-c2cccc(C(=O)N3CCc4cc(C(=O)CC5CC5)sc4-c4ccccc43)n2)cn1. The van der Waals surface area contributed by atoms with Gasteiger partial charge in [-0.2, -0.15) is 5.10 Å². The minimum atomic E-state index is -0.138. The van der Waals surface area contributed by atoms with Crippen molar-refractivity contribution in [1.82, 2.24) is 14.8 Å². The van der Waals surface area contributed by atoms with Crippen LogP contribution in [0.5, 0.6) is 0 Å². The lowest BCUT2D eigenvalue weighted by Gasteiger charge is -2.22. The van der Waals surface area contributed by atoms with E-state index in [-0.39, 0.29) is 11.7 Å². The minimum absolute atomic E-state index is 0.138. The molecule has 37 heavy (non-hydrogen) atoms. The number of carbonyl (C=O) groups is 2. The van der Waals surface area contributed by atoms with Crippen LogP contribution in [0, 0.1) is 5.92 Å². The van der Waals surface area contributed by atoms with Crippen LogP contribution in [-0.2, 0) is 17.7 Å². The number of nitrogens with zero attached hydrogens (tertiary/aromatic N) is 4. The second-order valence-electron chi connectivity index (χ2n) is 9.65. The van der Waals surface area contributed by atoms with E-state index in [1.54, 1.807) is 30.7 Å². The average molecular weight is 513 g/mol. The molecule has 8 heteroatoms. The van der Waals surface area contributed by atoms with E-state index in [0.717, 1.165) is 32.1 Å². The number of methoxy groups -OCH3 is 1. The van der Waals surface area contributed by atoms with E-state index in [9.17, 15) is 9.59 Å². The van der Waals surface area contributed by atoms with Gasteiger partial charge in [0.15, 0.2) is 5.78 Å². The van der Waals surface area contributed by atoms with Crippen molar-refractivity contribution in [3.63, 3.8) is 0 Å². The van der Waals surface area contributed by atoms with Crippen LogP contribution in [0.3, 0.4) is 0 Å². The average Bonchev–Trinajstić information content (AvgIpc) is 3.48. The molecule has 0 spiro atoms. The predicted molar refractivity (Wildman–Crippen MR) is 144 cm³/mol. The van der Waals surface area contributed by atoms with E-state index in [1.165, 1.54) is 12.8 Å². The van der Waals surface area contributed by atoms with Crippen LogP contribution in [0.15, 0.2) is 60.9 Å². The smallest absolute Gasteiger partial charge is 0.276 e. The van der Waals surface area contributed by atoms with Gasteiger partial charge in [-0.1, -0.05) is 24.3 Å². The van der Waals surface area contributed by atoms with Gasteiger partial charge in [0, 0.05) is 42.3 Å². The number of ether oxygens (including phenoxy) is 1. The predicted octanol–water partition coefficient (Wildman–Crippen LogP) is 5.51. The number of thiophene rings is 1. The van der Waals surface area contributed by atoms with Gasteiger partial charge < -0.3 is 9.64 Å². The van der Waals surface area contributed by atoms with Gasteiger partial charge in [0.05, 0.1) is 35.6 Å². The topological polar surface area (TPSA) is 77.3 Å². The molecule has 1 aliphatic heterocycles. The molecule has 0 radical (unpaired) electrons. The molecular weight excluding hydrogens is 484 g/mol. The molecule has 1 amide bonds. The molecule has 6 rings (SSSR count). The first-order valence-corrected chi connectivity index (χ1v) is 13.5. The number of carbonyl (C=O) groups excluding carboxylic acids is 2. The number of Topliss-reactive ketones (excluding diaryl/α,β-unsaturated/α-hetero) is 1. The summed E-state index contributed by atoms with van der Waals surface area (Å²) in [6, 6.07) is 15.5. The standard InChI is InChI=1S/C29H28N4O3S/c1-36-14-13-32-18-21(17-30-32)23-6-4-7-24(31-23)29(35)33-12-11-20-16-27(26(34)15-19-9-10-19)37-28(20)22-5-2-3-8-25(22)33/h2-8,16-19H,9-15H2,1H3. The Kier molecular flexibility index (Phi) is 6.44. The first-order valence-electron chi connectivity index (χ1n) is 12.7. The van der Waals surface area contributed by atoms with Gasteiger partial charge >= 0.3 is 0 Å². The molecule has 0 N–H and O–H groups in total. The molecule has 1 saturated carbocycles. The molecular formula is C29H28N4O3S. The van der Waals surface area contributed by atoms with Crippen LogP contribution in [-0.4, -0.2) is 46.7 Å². The van der Waals surface area contributed by atoms with Crippen LogP contribution in [0.2, 0.25) is 0 Å². The zero-order chi connectivity index (χ0) is 25.4. The van der Waals surface area contributed by atoms with Crippen LogP contribution in [0.4, 0.5) is 5.69 Å². The fourth-order valence-corrected chi connectivity index (χ4v) is 5.98. The number of rotatable bonds is 8. The minimum Gasteiger partial charge on any atom is -0.383 e. The lowest BCUT2D eigenvalue weighted by atomic mass is 10.1. The number of pyridine rings is 1. The molecule has 3 aromatic heterocycles. The van der Waals surface area contributed by atoms with E-state index >= 15 is 0 Å². The van der Waals surface area contributed by atoms with Crippen molar-refractivity contribution >= 4 is 28.7 Å². The number of hydrogen-bond acceptors (Lipinski definition) is 6. The molecule has 0 unspecified atom stereocenters. The molecule has 188 valence electrons.